The summed E-state index contributed by atoms with van der Waals surface area (Å²) in [6.45, 7) is 5.28. The predicted octanol–water partition coefficient (Wildman–Crippen LogP) is 1.86. The minimum Gasteiger partial charge on any atom is -0.346 e. The van der Waals surface area contributed by atoms with Gasteiger partial charge in [-0.05, 0) is 26.0 Å². The molecule has 6 heteroatoms. The van der Waals surface area contributed by atoms with E-state index in [1.165, 1.54) is 5.69 Å². The van der Waals surface area contributed by atoms with Crippen molar-refractivity contribution in [3.8, 4) is 0 Å². The minimum absolute atomic E-state index is 0.00989. The first-order chi connectivity index (χ1) is 7.47. The summed E-state index contributed by atoms with van der Waals surface area (Å²) >= 11 is 3.04. The van der Waals surface area contributed by atoms with Crippen LogP contribution in [0.5, 0.6) is 0 Å². The summed E-state index contributed by atoms with van der Waals surface area (Å²) in [5, 5.41) is 0. The van der Waals surface area contributed by atoms with Crippen molar-refractivity contribution in [3.63, 3.8) is 0 Å². The van der Waals surface area contributed by atoms with Crippen LogP contribution in [0.15, 0.2) is 12.1 Å². The van der Waals surface area contributed by atoms with E-state index in [9.17, 15) is 8.42 Å². The molecule has 0 aromatic carbocycles. The second-order valence-corrected chi connectivity index (χ2v) is 7.28. The van der Waals surface area contributed by atoms with Gasteiger partial charge in [-0.2, -0.15) is 4.31 Å². The van der Waals surface area contributed by atoms with Gasteiger partial charge in [0.25, 0.3) is 0 Å². The fourth-order valence-corrected chi connectivity index (χ4v) is 4.11. The van der Waals surface area contributed by atoms with Gasteiger partial charge in [-0.1, -0.05) is 15.9 Å². The Morgan fingerprint density at radius 2 is 2.12 bits per heavy atom. The van der Waals surface area contributed by atoms with Gasteiger partial charge in [-0.3, -0.25) is 0 Å². The highest BCUT2D eigenvalue weighted by molar-refractivity contribution is 9.10. The zero-order valence-electron chi connectivity index (χ0n) is 9.35. The number of rotatable bonds is 2. The lowest BCUT2D eigenvalue weighted by Crippen LogP contribution is -2.41. The summed E-state index contributed by atoms with van der Waals surface area (Å²) in [5.41, 5.74) is 2.27. The highest BCUT2D eigenvalue weighted by Gasteiger charge is 2.32. The molecule has 0 amide bonds. The fourth-order valence-electron chi connectivity index (χ4n) is 2.24. The SMILES string of the molecule is Cc1ccc2n1CCN(S(=O)(=O)CBr)C2C. The molecule has 90 valence electrons. The Balaban J connectivity index is 2.39. The van der Waals surface area contributed by atoms with Gasteiger partial charge >= 0.3 is 0 Å². The molecule has 0 radical (unpaired) electrons. The van der Waals surface area contributed by atoms with Gasteiger partial charge in [0.15, 0.2) is 0 Å². The van der Waals surface area contributed by atoms with Crippen LogP contribution in [0.2, 0.25) is 0 Å². The van der Waals surface area contributed by atoms with E-state index < -0.39 is 10.0 Å². The van der Waals surface area contributed by atoms with E-state index >= 15 is 0 Å². The normalized spacial score (nSPS) is 22.1. The number of hydrogen-bond donors (Lipinski definition) is 0. The summed E-state index contributed by atoms with van der Waals surface area (Å²) < 4.78 is 27.4. The zero-order chi connectivity index (χ0) is 11.9. The number of halogens is 1. The highest BCUT2D eigenvalue weighted by atomic mass is 79.9. The number of aryl methyl sites for hydroxylation is 1. The summed E-state index contributed by atoms with van der Waals surface area (Å²) in [6, 6.07) is 3.97. The molecular weight excluding hydrogens is 292 g/mol. The molecule has 4 nitrogen and oxygen atoms in total. The van der Waals surface area contributed by atoms with E-state index in [4.69, 9.17) is 0 Å². The fraction of sp³-hybridized carbons (Fsp3) is 0.600. The Bertz CT molecular complexity index is 495. The Morgan fingerprint density at radius 1 is 1.44 bits per heavy atom. The first-order valence-electron chi connectivity index (χ1n) is 5.19. The van der Waals surface area contributed by atoms with Gasteiger partial charge in [0.05, 0.1) is 6.04 Å². The van der Waals surface area contributed by atoms with Crippen LogP contribution in [0.3, 0.4) is 0 Å². The van der Waals surface area contributed by atoms with Crippen molar-refractivity contribution in [2.24, 2.45) is 0 Å². The molecule has 0 saturated heterocycles. The number of alkyl halides is 1. The van der Waals surface area contributed by atoms with Crippen molar-refractivity contribution in [3.05, 3.63) is 23.5 Å². The molecule has 1 aliphatic heterocycles. The van der Waals surface area contributed by atoms with E-state index in [2.05, 4.69) is 20.5 Å². The average Bonchev–Trinajstić information content (AvgIpc) is 2.62. The second kappa shape index (κ2) is 4.16. The minimum atomic E-state index is -3.17. The predicted molar refractivity (Wildman–Crippen MR) is 67.0 cm³/mol. The van der Waals surface area contributed by atoms with Crippen LogP contribution in [0.25, 0.3) is 0 Å². The first-order valence-corrected chi connectivity index (χ1v) is 7.92. The zero-order valence-corrected chi connectivity index (χ0v) is 11.8. The Kier molecular flexibility index (Phi) is 3.16. The van der Waals surface area contributed by atoms with Crippen LogP contribution in [0.4, 0.5) is 0 Å². The summed E-state index contributed by atoms with van der Waals surface area (Å²) in [6.07, 6.45) is 0. The maximum absolute atomic E-state index is 11.9. The van der Waals surface area contributed by atoms with Crippen LogP contribution in [0.1, 0.15) is 24.4 Å². The molecule has 2 rings (SSSR count). The Hall–Kier alpha value is -0.330. The second-order valence-electron chi connectivity index (χ2n) is 4.06. The van der Waals surface area contributed by atoms with Crippen molar-refractivity contribution >= 4 is 26.0 Å². The Labute approximate surface area is 104 Å². The smallest absolute Gasteiger partial charge is 0.224 e. The highest BCUT2D eigenvalue weighted by Crippen LogP contribution is 2.29. The van der Waals surface area contributed by atoms with Crippen molar-refractivity contribution in [2.45, 2.75) is 26.4 Å². The van der Waals surface area contributed by atoms with Crippen LogP contribution in [-0.2, 0) is 16.6 Å². The van der Waals surface area contributed by atoms with Crippen molar-refractivity contribution in [1.82, 2.24) is 8.87 Å². The Morgan fingerprint density at radius 3 is 2.75 bits per heavy atom. The summed E-state index contributed by atoms with van der Waals surface area (Å²) in [7, 11) is -3.17. The largest absolute Gasteiger partial charge is 0.346 e. The number of nitrogens with zero attached hydrogens (tertiary/aromatic N) is 2. The van der Waals surface area contributed by atoms with E-state index in [1.54, 1.807) is 4.31 Å². The molecule has 0 saturated carbocycles. The standard InChI is InChI=1S/C10H15BrN2O2S/c1-8-3-4-10-9(2)13(6-5-12(8)10)16(14,15)7-11/h3-4,9H,5-7H2,1-2H3. The molecule has 1 atom stereocenters. The van der Waals surface area contributed by atoms with Crippen molar-refractivity contribution in [1.29, 1.82) is 0 Å². The molecular formula is C10H15BrN2O2S. The first kappa shape index (κ1) is 12.1. The van der Waals surface area contributed by atoms with E-state index in [0.29, 0.717) is 6.54 Å². The van der Waals surface area contributed by atoms with Crippen LogP contribution in [-0.4, -0.2) is 28.5 Å². The molecule has 16 heavy (non-hydrogen) atoms. The molecule has 1 unspecified atom stereocenters. The lowest BCUT2D eigenvalue weighted by molar-refractivity contribution is 0.282. The summed E-state index contributed by atoms with van der Waals surface area (Å²) in [4.78, 5) is 0. The quantitative estimate of drug-likeness (QED) is 0.783. The molecule has 1 aromatic heterocycles. The lowest BCUT2D eigenvalue weighted by Gasteiger charge is -2.33. The molecule has 1 aromatic rings. The molecule has 0 spiro atoms. The number of fused-ring (bicyclic) bond motifs is 1. The van der Waals surface area contributed by atoms with Gasteiger partial charge in [-0.25, -0.2) is 8.42 Å². The molecule has 0 bridgehead atoms. The van der Waals surface area contributed by atoms with Crippen LogP contribution in [0, 0.1) is 6.92 Å². The third kappa shape index (κ3) is 1.83. The average molecular weight is 307 g/mol. The molecule has 2 heterocycles. The maximum atomic E-state index is 11.9. The van der Waals surface area contributed by atoms with Crippen LogP contribution < -0.4 is 0 Å². The van der Waals surface area contributed by atoms with Gasteiger partial charge < -0.3 is 4.57 Å². The molecule has 0 aliphatic carbocycles. The van der Waals surface area contributed by atoms with E-state index in [-0.39, 0.29) is 10.7 Å². The van der Waals surface area contributed by atoms with Gasteiger partial charge in [0.1, 0.15) is 4.66 Å². The third-order valence-corrected chi connectivity index (χ3v) is 6.36. The van der Waals surface area contributed by atoms with E-state index in [1.807, 2.05) is 26.0 Å². The van der Waals surface area contributed by atoms with Gasteiger partial charge in [0.2, 0.25) is 10.0 Å². The topological polar surface area (TPSA) is 42.3 Å². The summed E-state index contributed by atoms with van der Waals surface area (Å²) in [5.74, 6) is 0. The monoisotopic (exact) mass is 306 g/mol. The van der Waals surface area contributed by atoms with Gasteiger partial charge in [-0.15, -0.1) is 0 Å². The molecule has 1 aliphatic rings. The van der Waals surface area contributed by atoms with Crippen molar-refractivity contribution in [2.75, 3.05) is 11.2 Å². The van der Waals surface area contributed by atoms with Crippen LogP contribution >= 0.6 is 15.9 Å². The lowest BCUT2D eigenvalue weighted by atomic mass is 10.2. The maximum Gasteiger partial charge on any atom is 0.224 e. The van der Waals surface area contributed by atoms with Gasteiger partial charge in [0, 0.05) is 24.5 Å². The molecule has 0 N–H and O–H groups in total. The third-order valence-electron chi connectivity index (χ3n) is 3.13. The number of sulfonamides is 1. The van der Waals surface area contributed by atoms with Crippen molar-refractivity contribution < 1.29 is 8.42 Å². The molecule has 0 fully saturated rings. The number of aromatic nitrogens is 1. The van der Waals surface area contributed by atoms with E-state index in [0.717, 1.165) is 12.2 Å². The number of hydrogen-bond acceptors (Lipinski definition) is 2.